The third-order valence-corrected chi connectivity index (χ3v) is 5.30. The molecule has 20 heavy (non-hydrogen) atoms. The van der Waals surface area contributed by atoms with Crippen LogP contribution < -0.4 is 5.32 Å². The van der Waals surface area contributed by atoms with Gasteiger partial charge in [0.25, 0.3) is 0 Å². The Morgan fingerprint density at radius 1 is 1.15 bits per heavy atom. The van der Waals surface area contributed by atoms with Crippen LogP contribution in [-0.2, 0) is 4.74 Å². The highest BCUT2D eigenvalue weighted by Crippen LogP contribution is 2.37. The van der Waals surface area contributed by atoms with Gasteiger partial charge in [0.1, 0.15) is 0 Å². The smallest absolute Gasteiger partial charge is 0.0626 e. The van der Waals surface area contributed by atoms with Gasteiger partial charge in [-0.05, 0) is 62.3 Å². The van der Waals surface area contributed by atoms with E-state index in [1.807, 2.05) is 0 Å². The van der Waals surface area contributed by atoms with Gasteiger partial charge in [0.05, 0.1) is 12.7 Å². The minimum absolute atomic E-state index is 0.503. The Morgan fingerprint density at radius 2 is 1.90 bits per heavy atom. The monoisotopic (exact) mass is 281 g/mol. The summed E-state index contributed by atoms with van der Waals surface area (Å²) in [4.78, 5) is 0. The molecule has 2 rings (SSSR count). The first kappa shape index (κ1) is 16.3. The predicted octanol–water partition coefficient (Wildman–Crippen LogP) is 4.24. The quantitative estimate of drug-likeness (QED) is 0.718. The molecule has 2 heteroatoms. The second-order valence-corrected chi connectivity index (χ2v) is 7.60. The van der Waals surface area contributed by atoms with Crippen LogP contribution in [0.25, 0.3) is 0 Å². The number of ether oxygens (including phenoxy) is 1. The summed E-state index contributed by atoms with van der Waals surface area (Å²) >= 11 is 0. The van der Waals surface area contributed by atoms with Crippen molar-refractivity contribution in [3.05, 3.63) is 0 Å². The van der Waals surface area contributed by atoms with Crippen molar-refractivity contribution < 1.29 is 4.74 Å². The third kappa shape index (κ3) is 4.73. The van der Waals surface area contributed by atoms with Gasteiger partial charge in [-0.25, -0.2) is 0 Å². The van der Waals surface area contributed by atoms with Gasteiger partial charge in [0, 0.05) is 6.04 Å². The highest BCUT2D eigenvalue weighted by Gasteiger charge is 2.35. The highest BCUT2D eigenvalue weighted by atomic mass is 16.5. The third-order valence-electron chi connectivity index (χ3n) is 5.30. The fraction of sp³-hybridized carbons (Fsp3) is 1.00. The molecule has 118 valence electrons. The zero-order valence-corrected chi connectivity index (χ0v) is 14.0. The van der Waals surface area contributed by atoms with E-state index in [4.69, 9.17) is 4.74 Å². The lowest BCUT2D eigenvalue weighted by atomic mass is 9.75. The molecule has 0 aromatic heterocycles. The lowest BCUT2D eigenvalue weighted by Crippen LogP contribution is -2.41. The zero-order chi connectivity index (χ0) is 14.5. The molecule has 0 aliphatic heterocycles. The van der Waals surface area contributed by atoms with E-state index >= 15 is 0 Å². The summed E-state index contributed by atoms with van der Waals surface area (Å²) in [6.45, 7) is 11.4. The van der Waals surface area contributed by atoms with Gasteiger partial charge in [0.15, 0.2) is 0 Å². The van der Waals surface area contributed by atoms with Crippen LogP contribution in [0.4, 0.5) is 0 Å². The summed E-state index contributed by atoms with van der Waals surface area (Å²) in [5.74, 6) is 3.27. The lowest BCUT2D eigenvalue weighted by molar-refractivity contribution is -0.0475. The van der Waals surface area contributed by atoms with Gasteiger partial charge < -0.3 is 10.1 Å². The van der Waals surface area contributed by atoms with Crippen LogP contribution in [0, 0.1) is 23.7 Å². The SMILES string of the molecule is CCCNC(COC1CC(C)CCC1C(C)C)C1CC1. The maximum atomic E-state index is 6.43. The van der Waals surface area contributed by atoms with Crippen molar-refractivity contribution >= 4 is 0 Å². The van der Waals surface area contributed by atoms with Gasteiger partial charge >= 0.3 is 0 Å². The van der Waals surface area contributed by atoms with Crippen molar-refractivity contribution in [1.82, 2.24) is 5.32 Å². The first-order valence-corrected chi connectivity index (χ1v) is 8.96. The van der Waals surface area contributed by atoms with Gasteiger partial charge in [0.2, 0.25) is 0 Å². The zero-order valence-electron chi connectivity index (χ0n) is 14.0. The molecule has 2 aliphatic carbocycles. The van der Waals surface area contributed by atoms with Crippen LogP contribution in [0.15, 0.2) is 0 Å². The number of hydrogen-bond donors (Lipinski definition) is 1. The summed E-state index contributed by atoms with van der Waals surface area (Å²) in [6.07, 6.45) is 8.55. The Labute approximate surface area is 126 Å². The van der Waals surface area contributed by atoms with Crippen LogP contribution >= 0.6 is 0 Å². The molecule has 0 aromatic rings. The molecule has 0 bridgehead atoms. The molecule has 0 radical (unpaired) electrons. The lowest BCUT2D eigenvalue weighted by Gasteiger charge is -2.38. The summed E-state index contributed by atoms with van der Waals surface area (Å²) in [7, 11) is 0. The summed E-state index contributed by atoms with van der Waals surface area (Å²) in [5, 5.41) is 3.70. The normalized spacial score (nSPS) is 32.5. The van der Waals surface area contributed by atoms with E-state index in [0.29, 0.717) is 12.1 Å². The first-order valence-electron chi connectivity index (χ1n) is 8.96. The Kier molecular flexibility index (Phi) is 6.35. The molecule has 4 unspecified atom stereocenters. The van der Waals surface area contributed by atoms with Crippen LogP contribution in [0.2, 0.25) is 0 Å². The Morgan fingerprint density at radius 3 is 2.50 bits per heavy atom. The number of hydrogen-bond acceptors (Lipinski definition) is 2. The van der Waals surface area contributed by atoms with Gasteiger partial charge in [-0.3, -0.25) is 0 Å². The summed E-state index contributed by atoms with van der Waals surface area (Å²) in [6, 6.07) is 0.611. The molecule has 2 nitrogen and oxygen atoms in total. The molecule has 0 heterocycles. The van der Waals surface area contributed by atoms with E-state index in [1.165, 1.54) is 38.5 Å². The standard InChI is InChI=1S/C18H35NO/c1-5-10-19-17(15-7-8-15)12-20-18-11-14(4)6-9-16(18)13(2)3/h13-19H,5-12H2,1-4H3. The molecule has 2 aliphatic rings. The largest absolute Gasteiger partial charge is 0.376 e. The Balaban J connectivity index is 1.82. The van der Waals surface area contributed by atoms with E-state index in [9.17, 15) is 0 Å². The van der Waals surface area contributed by atoms with Crippen LogP contribution in [0.1, 0.15) is 66.2 Å². The molecule has 2 fully saturated rings. The molecular weight excluding hydrogens is 246 g/mol. The van der Waals surface area contributed by atoms with E-state index in [2.05, 4.69) is 33.0 Å². The molecule has 4 atom stereocenters. The van der Waals surface area contributed by atoms with Gasteiger partial charge in [-0.2, -0.15) is 0 Å². The molecule has 0 saturated heterocycles. The number of rotatable bonds is 8. The first-order chi connectivity index (χ1) is 9.61. The minimum atomic E-state index is 0.503. The van der Waals surface area contributed by atoms with Crippen molar-refractivity contribution in [3.8, 4) is 0 Å². The molecular formula is C18H35NO. The second kappa shape index (κ2) is 7.79. The van der Waals surface area contributed by atoms with Crippen LogP contribution in [0.3, 0.4) is 0 Å². The highest BCUT2D eigenvalue weighted by molar-refractivity contribution is 4.88. The Bertz CT molecular complexity index is 275. The average Bonchev–Trinajstić information content (AvgIpc) is 3.23. The summed E-state index contributed by atoms with van der Waals surface area (Å²) < 4.78 is 6.43. The molecule has 1 N–H and O–H groups in total. The topological polar surface area (TPSA) is 21.3 Å². The molecule has 0 aromatic carbocycles. The van der Waals surface area contributed by atoms with E-state index in [0.717, 1.165) is 36.8 Å². The minimum Gasteiger partial charge on any atom is -0.376 e. The molecule has 2 saturated carbocycles. The van der Waals surface area contributed by atoms with E-state index in [1.54, 1.807) is 0 Å². The predicted molar refractivity (Wildman–Crippen MR) is 85.9 cm³/mol. The van der Waals surface area contributed by atoms with Crippen LogP contribution in [-0.4, -0.2) is 25.3 Å². The van der Waals surface area contributed by atoms with Crippen LogP contribution in [0.5, 0.6) is 0 Å². The fourth-order valence-electron chi connectivity index (χ4n) is 3.72. The van der Waals surface area contributed by atoms with E-state index in [-0.39, 0.29) is 0 Å². The van der Waals surface area contributed by atoms with Crippen molar-refractivity contribution in [3.63, 3.8) is 0 Å². The van der Waals surface area contributed by atoms with Crippen molar-refractivity contribution in [2.45, 2.75) is 78.4 Å². The summed E-state index contributed by atoms with van der Waals surface area (Å²) in [5.41, 5.74) is 0. The molecule has 0 spiro atoms. The fourth-order valence-corrected chi connectivity index (χ4v) is 3.72. The van der Waals surface area contributed by atoms with Crippen molar-refractivity contribution in [2.24, 2.45) is 23.7 Å². The number of nitrogens with one attached hydrogen (secondary N) is 1. The second-order valence-electron chi connectivity index (χ2n) is 7.60. The van der Waals surface area contributed by atoms with E-state index < -0.39 is 0 Å². The van der Waals surface area contributed by atoms with Crippen molar-refractivity contribution in [2.75, 3.05) is 13.2 Å². The van der Waals surface area contributed by atoms with Crippen molar-refractivity contribution in [1.29, 1.82) is 0 Å². The van der Waals surface area contributed by atoms with Gasteiger partial charge in [-0.1, -0.05) is 34.1 Å². The average molecular weight is 281 g/mol. The maximum Gasteiger partial charge on any atom is 0.0626 e. The molecule has 0 amide bonds. The maximum absolute atomic E-state index is 6.43. The van der Waals surface area contributed by atoms with Gasteiger partial charge in [-0.15, -0.1) is 0 Å². The Hall–Kier alpha value is -0.0800.